The molecule has 0 aromatic heterocycles. The first-order chi connectivity index (χ1) is 18.5. The topological polar surface area (TPSA) is 123 Å². The van der Waals surface area contributed by atoms with E-state index in [1.807, 2.05) is 6.07 Å². The third-order valence-electron chi connectivity index (χ3n) is 7.13. The Kier molecular flexibility index (Phi) is 9.52. The molecule has 2 aliphatic carbocycles. The van der Waals surface area contributed by atoms with Crippen LogP contribution >= 0.6 is 0 Å². The molecule has 1 amide bonds. The normalized spacial score (nSPS) is 23.1. The summed E-state index contributed by atoms with van der Waals surface area (Å²) < 4.78 is 110. The fourth-order valence-corrected chi connectivity index (χ4v) is 6.79. The lowest BCUT2D eigenvalue weighted by atomic mass is 10.1. The minimum Gasteiger partial charge on any atom is -0.465 e. The number of halogens is 6. The molecule has 0 bridgehead atoms. The number of piperazine rings is 1. The zero-order valence-corrected chi connectivity index (χ0v) is 22.4. The molecule has 4 rings (SSSR count). The van der Waals surface area contributed by atoms with Gasteiger partial charge in [0.2, 0.25) is 0 Å². The average Bonchev–Trinajstić information content (AvgIpc) is 3.44. The Balaban J connectivity index is 0.000000415. The van der Waals surface area contributed by atoms with Gasteiger partial charge >= 0.3 is 18.4 Å². The van der Waals surface area contributed by atoms with Gasteiger partial charge in [0.15, 0.2) is 9.84 Å². The molecule has 1 heterocycles. The van der Waals surface area contributed by atoms with Crippen molar-refractivity contribution in [3.8, 4) is 6.07 Å². The molecule has 2 atom stereocenters. The number of nitriles is 1. The van der Waals surface area contributed by atoms with Crippen LogP contribution in [0.25, 0.3) is 0 Å². The van der Waals surface area contributed by atoms with E-state index < -0.39 is 56.1 Å². The molecule has 2 N–H and O–H groups in total. The van der Waals surface area contributed by atoms with Crippen molar-refractivity contribution in [2.24, 2.45) is 0 Å². The molecule has 0 unspecified atom stereocenters. The molecule has 9 nitrogen and oxygen atoms in total. The fourth-order valence-electron chi connectivity index (χ4n) is 4.77. The summed E-state index contributed by atoms with van der Waals surface area (Å²) in [7, 11) is -2.79. The number of carboxylic acid groups (broad SMARTS) is 1. The van der Waals surface area contributed by atoms with E-state index in [0.29, 0.717) is 19.3 Å². The lowest BCUT2D eigenvalue weighted by molar-refractivity contribution is -0.146. The van der Waals surface area contributed by atoms with Gasteiger partial charge in [-0.2, -0.15) is 31.6 Å². The predicted octanol–water partition coefficient (Wildman–Crippen LogP) is 4.04. The van der Waals surface area contributed by atoms with Crippen molar-refractivity contribution >= 4 is 21.6 Å². The fraction of sp³-hybridized carbons (Fsp3) is 0.667. The molecular weight excluding hydrogens is 570 g/mol. The number of hydrogen-bond donors (Lipinski definition) is 2. The highest BCUT2D eigenvalue weighted by atomic mass is 32.2. The second-order valence-electron chi connectivity index (χ2n) is 10.0. The molecule has 3 fully saturated rings. The number of alkyl halides is 6. The summed E-state index contributed by atoms with van der Waals surface area (Å²) in [6, 6.07) is 4.94. The van der Waals surface area contributed by atoms with Crippen LogP contribution in [0.15, 0.2) is 23.1 Å². The van der Waals surface area contributed by atoms with Gasteiger partial charge < -0.3 is 20.1 Å². The monoisotopic (exact) mass is 600 g/mol. The summed E-state index contributed by atoms with van der Waals surface area (Å²) in [4.78, 5) is 11.9. The number of hydrogen-bond acceptors (Lipinski definition) is 7. The van der Waals surface area contributed by atoms with Crippen molar-refractivity contribution < 1.29 is 49.4 Å². The van der Waals surface area contributed by atoms with Gasteiger partial charge in [0.05, 0.1) is 34.4 Å². The Bertz CT molecular complexity index is 1210. The van der Waals surface area contributed by atoms with Crippen LogP contribution in [0.4, 0.5) is 36.8 Å². The number of methoxy groups -OCH3 is 1. The van der Waals surface area contributed by atoms with Crippen molar-refractivity contribution in [2.75, 3.05) is 44.7 Å². The summed E-state index contributed by atoms with van der Waals surface area (Å²) in [5, 5.41) is 17.7. The van der Waals surface area contributed by atoms with Crippen LogP contribution in [-0.4, -0.2) is 87.4 Å². The third kappa shape index (κ3) is 8.14. The molecular formula is C24H30F6N4O5S. The van der Waals surface area contributed by atoms with Crippen LogP contribution in [0, 0.1) is 11.3 Å². The number of anilines is 1. The molecule has 224 valence electrons. The number of carbonyl (C=O) groups is 1. The molecule has 0 radical (unpaired) electrons. The first-order valence-electron chi connectivity index (χ1n) is 12.4. The van der Waals surface area contributed by atoms with Gasteiger partial charge in [-0.3, -0.25) is 4.90 Å². The van der Waals surface area contributed by atoms with Crippen molar-refractivity contribution in [3.63, 3.8) is 0 Å². The first kappa shape index (κ1) is 31.8. The van der Waals surface area contributed by atoms with Crippen LogP contribution < -0.4 is 10.2 Å². The number of amides is 1. The van der Waals surface area contributed by atoms with Gasteiger partial charge in [0.25, 0.3) is 0 Å². The molecule has 0 spiro atoms. The maximum absolute atomic E-state index is 13.8. The standard InChI is InChI=1S/C19H24F6N2O3S.C5H6N2O2/c1-30-14-3-4-15(11-14)31(28,29)17-5-2-13(10-16(17)19(23,24)25)27-8-6-26(7-9-27)12-18(20,21)22;6-3-5(1-2-5)7-4(8)9/h2,5,10,14-15H,3-4,6-9,11-12H2,1H3;7H,1-2H2,(H,8,9)/t14-,15-;/m0./s1. The smallest absolute Gasteiger partial charge is 0.417 e. The minimum absolute atomic E-state index is 0.0430. The summed E-state index contributed by atoms with van der Waals surface area (Å²) in [5.74, 6) is 0. The Morgan fingerprint density at radius 2 is 1.77 bits per heavy atom. The van der Waals surface area contributed by atoms with Crippen LogP contribution in [0.5, 0.6) is 0 Å². The number of ether oxygens (including phenoxy) is 1. The van der Waals surface area contributed by atoms with Crippen LogP contribution in [-0.2, 0) is 20.8 Å². The SMILES string of the molecule is CO[C@H]1CC[C@H](S(=O)(=O)c2ccc(N3CCN(CC(F)(F)F)CC3)cc2C(F)(F)F)C1.N#CC1(NC(=O)O)CC1. The van der Waals surface area contributed by atoms with E-state index in [2.05, 4.69) is 5.32 Å². The molecule has 40 heavy (non-hydrogen) atoms. The highest BCUT2D eigenvalue weighted by Gasteiger charge is 2.45. The molecule has 1 aliphatic heterocycles. The van der Waals surface area contributed by atoms with E-state index in [1.54, 1.807) is 0 Å². The van der Waals surface area contributed by atoms with Crippen molar-refractivity contribution in [1.29, 1.82) is 5.26 Å². The number of rotatable bonds is 6. The molecule has 1 aromatic rings. The summed E-state index contributed by atoms with van der Waals surface area (Å²) in [6.07, 6.45) is -8.54. The van der Waals surface area contributed by atoms with Gasteiger partial charge in [-0.25, -0.2) is 13.2 Å². The van der Waals surface area contributed by atoms with Crippen LogP contribution in [0.2, 0.25) is 0 Å². The van der Waals surface area contributed by atoms with Gasteiger partial charge in [-0.05, 0) is 50.3 Å². The number of benzene rings is 1. The van der Waals surface area contributed by atoms with Crippen molar-refractivity contribution in [2.45, 2.75) is 66.2 Å². The highest BCUT2D eigenvalue weighted by Crippen LogP contribution is 2.40. The first-order valence-corrected chi connectivity index (χ1v) is 14.0. The maximum Gasteiger partial charge on any atom is 0.417 e. The summed E-state index contributed by atoms with van der Waals surface area (Å²) in [6.45, 7) is -0.770. The largest absolute Gasteiger partial charge is 0.465 e. The van der Waals surface area contributed by atoms with Crippen LogP contribution in [0.1, 0.15) is 37.7 Å². The van der Waals surface area contributed by atoms with Gasteiger partial charge in [0.1, 0.15) is 5.54 Å². The van der Waals surface area contributed by atoms with Gasteiger partial charge in [-0.1, -0.05) is 0 Å². The van der Waals surface area contributed by atoms with Gasteiger partial charge in [0, 0.05) is 39.0 Å². The number of nitrogens with one attached hydrogen (secondary N) is 1. The lowest BCUT2D eigenvalue weighted by Gasteiger charge is -2.36. The predicted molar refractivity (Wildman–Crippen MR) is 131 cm³/mol. The van der Waals surface area contributed by atoms with E-state index in [-0.39, 0.29) is 50.8 Å². The number of sulfone groups is 1. The Hall–Kier alpha value is -2.77. The van der Waals surface area contributed by atoms with Crippen molar-refractivity contribution in [3.05, 3.63) is 23.8 Å². The zero-order chi connectivity index (χ0) is 29.9. The molecule has 1 aromatic carbocycles. The minimum atomic E-state index is -4.89. The van der Waals surface area contributed by atoms with Crippen molar-refractivity contribution in [1.82, 2.24) is 10.2 Å². The second kappa shape index (κ2) is 12.0. The van der Waals surface area contributed by atoms with E-state index in [9.17, 15) is 39.6 Å². The van der Waals surface area contributed by atoms with Gasteiger partial charge in [-0.15, -0.1) is 0 Å². The zero-order valence-electron chi connectivity index (χ0n) is 21.6. The molecule has 16 heteroatoms. The second-order valence-corrected chi connectivity index (χ2v) is 12.2. The highest BCUT2D eigenvalue weighted by molar-refractivity contribution is 7.92. The average molecular weight is 601 g/mol. The van der Waals surface area contributed by atoms with E-state index in [1.165, 1.54) is 23.0 Å². The Labute approximate surface area is 227 Å². The number of nitrogens with zero attached hydrogens (tertiary/aromatic N) is 3. The molecule has 2 saturated carbocycles. The lowest BCUT2D eigenvalue weighted by Crippen LogP contribution is -2.49. The van der Waals surface area contributed by atoms with E-state index in [0.717, 1.165) is 12.1 Å². The Morgan fingerprint density at radius 1 is 1.15 bits per heavy atom. The molecule has 3 aliphatic rings. The Morgan fingerprint density at radius 3 is 2.20 bits per heavy atom. The maximum atomic E-state index is 13.8. The summed E-state index contributed by atoms with van der Waals surface area (Å²) >= 11 is 0. The van der Waals surface area contributed by atoms with E-state index in [4.69, 9.17) is 15.1 Å². The molecule has 1 saturated heterocycles. The van der Waals surface area contributed by atoms with Crippen LogP contribution in [0.3, 0.4) is 0 Å². The summed E-state index contributed by atoms with van der Waals surface area (Å²) in [5.41, 5.74) is -1.84. The quantitative estimate of drug-likeness (QED) is 0.470. The van der Waals surface area contributed by atoms with E-state index >= 15 is 0 Å². The third-order valence-corrected chi connectivity index (χ3v) is 9.41.